The zero-order valence-electron chi connectivity index (χ0n) is 14.4. The van der Waals surface area contributed by atoms with Gasteiger partial charge in [-0.25, -0.2) is 0 Å². The number of nitrogens with one attached hydrogen (secondary N) is 1. The number of hydrogen-bond acceptors (Lipinski definition) is 3. The van der Waals surface area contributed by atoms with Crippen LogP contribution in [0.5, 0.6) is 0 Å². The van der Waals surface area contributed by atoms with E-state index in [0.717, 1.165) is 16.6 Å². The maximum absolute atomic E-state index is 12.8. The molecule has 5 nitrogen and oxygen atoms in total. The molecule has 3 rings (SSSR count). The summed E-state index contributed by atoms with van der Waals surface area (Å²) in [7, 11) is 3.39. The highest BCUT2D eigenvalue weighted by atomic mass is 16.2. The lowest BCUT2D eigenvalue weighted by Gasteiger charge is -2.12. The van der Waals surface area contributed by atoms with Gasteiger partial charge in [0.05, 0.1) is 11.1 Å². The highest BCUT2D eigenvalue weighted by Crippen LogP contribution is 2.20. The first-order valence-corrected chi connectivity index (χ1v) is 7.95. The van der Waals surface area contributed by atoms with E-state index in [0.29, 0.717) is 16.8 Å². The minimum atomic E-state index is -0.226. The fraction of sp³-hybridized carbons (Fsp3) is 0.150. The second-order valence-electron chi connectivity index (χ2n) is 6.06. The second-order valence-corrected chi connectivity index (χ2v) is 6.06. The minimum absolute atomic E-state index is 0.110. The molecular formula is C20H19N3O2. The van der Waals surface area contributed by atoms with E-state index < -0.39 is 0 Å². The SMILES string of the molecule is Cc1cc(C(=O)Nc2cccc(C(=O)N(C)C)c2)c2ccccc2n1. The van der Waals surface area contributed by atoms with Gasteiger partial charge in [0.15, 0.2) is 0 Å². The Balaban J connectivity index is 1.93. The van der Waals surface area contributed by atoms with E-state index in [9.17, 15) is 9.59 Å². The maximum atomic E-state index is 12.8. The van der Waals surface area contributed by atoms with Crippen molar-refractivity contribution in [1.82, 2.24) is 9.88 Å². The fourth-order valence-corrected chi connectivity index (χ4v) is 2.68. The molecule has 1 aromatic heterocycles. The molecule has 0 radical (unpaired) electrons. The second kappa shape index (κ2) is 6.73. The Kier molecular flexibility index (Phi) is 4.48. The van der Waals surface area contributed by atoms with Crippen LogP contribution < -0.4 is 5.32 Å². The van der Waals surface area contributed by atoms with Gasteiger partial charge in [0.25, 0.3) is 11.8 Å². The molecule has 0 saturated heterocycles. The number of carbonyl (C=O) groups is 2. The smallest absolute Gasteiger partial charge is 0.256 e. The highest BCUT2D eigenvalue weighted by molar-refractivity contribution is 6.12. The molecule has 126 valence electrons. The number of anilines is 1. The van der Waals surface area contributed by atoms with Gasteiger partial charge < -0.3 is 10.2 Å². The van der Waals surface area contributed by atoms with Crippen LogP contribution in [0.3, 0.4) is 0 Å². The van der Waals surface area contributed by atoms with Gasteiger partial charge in [-0.3, -0.25) is 14.6 Å². The van der Waals surface area contributed by atoms with Gasteiger partial charge in [0, 0.05) is 36.4 Å². The summed E-state index contributed by atoms with van der Waals surface area (Å²) in [5.74, 6) is -0.336. The zero-order chi connectivity index (χ0) is 18.0. The van der Waals surface area contributed by atoms with Gasteiger partial charge in [-0.1, -0.05) is 24.3 Å². The molecule has 1 N–H and O–H groups in total. The molecular weight excluding hydrogens is 314 g/mol. The molecule has 0 bridgehead atoms. The van der Waals surface area contributed by atoms with Crippen LogP contribution in [0.4, 0.5) is 5.69 Å². The molecule has 0 aliphatic carbocycles. The number of pyridine rings is 1. The number of nitrogens with zero attached hydrogens (tertiary/aromatic N) is 2. The van der Waals surface area contributed by atoms with Crippen molar-refractivity contribution in [3.63, 3.8) is 0 Å². The molecule has 0 saturated carbocycles. The number of aromatic nitrogens is 1. The summed E-state index contributed by atoms with van der Waals surface area (Å²) in [6, 6.07) is 16.2. The van der Waals surface area contributed by atoms with Crippen molar-refractivity contribution in [3.8, 4) is 0 Å². The average Bonchev–Trinajstić information content (AvgIpc) is 2.60. The first kappa shape index (κ1) is 16.6. The Morgan fingerprint density at radius 1 is 1.00 bits per heavy atom. The van der Waals surface area contributed by atoms with Crippen molar-refractivity contribution < 1.29 is 9.59 Å². The van der Waals surface area contributed by atoms with Crippen molar-refractivity contribution in [2.75, 3.05) is 19.4 Å². The van der Waals surface area contributed by atoms with Gasteiger partial charge in [-0.15, -0.1) is 0 Å². The van der Waals surface area contributed by atoms with Crippen LogP contribution in [-0.4, -0.2) is 35.8 Å². The molecule has 0 aliphatic rings. The van der Waals surface area contributed by atoms with E-state index >= 15 is 0 Å². The summed E-state index contributed by atoms with van der Waals surface area (Å²) >= 11 is 0. The molecule has 2 aromatic carbocycles. The highest BCUT2D eigenvalue weighted by Gasteiger charge is 2.13. The minimum Gasteiger partial charge on any atom is -0.345 e. The summed E-state index contributed by atoms with van der Waals surface area (Å²) in [5.41, 5.74) is 3.23. The van der Waals surface area contributed by atoms with Gasteiger partial charge in [0.1, 0.15) is 0 Å². The number of fused-ring (bicyclic) bond motifs is 1. The van der Waals surface area contributed by atoms with E-state index in [1.165, 1.54) is 4.90 Å². The molecule has 2 amide bonds. The third kappa shape index (κ3) is 3.50. The van der Waals surface area contributed by atoms with E-state index in [4.69, 9.17) is 0 Å². The predicted molar refractivity (Wildman–Crippen MR) is 98.9 cm³/mol. The van der Waals surface area contributed by atoms with Crippen LogP contribution >= 0.6 is 0 Å². The molecule has 25 heavy (non-hydrogen) atoms. The van der Waals surface area contributed by atoms with Crippen molar-refractivity contribution >= 4 is 28.4 Å². The first-order chi connectivity index (χ1) is 12.0. The Bertz CT molecular complexity index is 964. The molecule has 0 spiro atoms. The van der Waals surface area contributed by atoms with Crippen LogP contribution in [0.2, 0.25) is 0 Å². The number of amides is 2. The molecule has 1 heterocycles. The number of rotatable bonds is 3. The van der Waals surface area contributed by atoms with Crippen molar-refractivity contribution in [2.45, 2.75) is 6.92 Å². The van der Waals surface area contributed by atoms with Crippen LogP contribution in [0.15, 0.2) is 54.6 Å². The molecule has 0 aliphatic heterocycles. The van der Waals surface area contributed by atoms with E-state index in [1.54, 1.807) is 44.4 Å². The molecule has 0 fully saturated rings. The largest absolute Gasteiger partial charge is 0.345 e. The molecule has 0 unspecified atom stereocenters. The first-order valence-electron chi connectivity index (χ1n) is 7.95. The van der Waals surface area contributed by atoms with Gasteiger partial charge in [-0.05, 0) is 37.3 Å². The van der Waals surface area contributed by atoms with Crippen LogP contribution in [0.1, 0.15) is 26.4 Å². The summed E-state index contributed by atoms with van der Waals surface area (Å²) in [4.78, 5) is 30.8. The Morgan fingerprint density at radius 3 is 2.52 bits per heavy atom. The maximum Gasteiger partial charge on any atom is 0.256 e. The zero-order valence-corrected chi connectivity index (χ0v) is 14.4. The quantitative estimate of drug-likeness (QED) is 0.798. The number of carbonyl (C=O) groups excluding carboxylic acids is 2. The monoisotopic (exact) mass is 333 g/mol. The van der Waals surface area contributed by atoms with Gasteiger partial charge in [0.2, 0.25) is 0 Å². The topological polar surface area (TPSA) is 62.3 Å². The lowest BCUT2D eigenvalue weighted by atomic mass is 10.1. The summed E-state index contributed by atoms with van der Waals surface area (Å²) in [6.45, 7) is 1.86. The normalized spacial score (nSPS) is 10.5. The summed E-state index contributed by atoms with van der Waals surface area (Å²) in [6.07, 6.45) is 0. The number of benzene rings is 2. The van der Waals surface area contributed by atoms with E-state index in [2.05, 4.69) is 10.3 Å². The van der Waals surface area contributed by atoms with Crippen LogP contribution in [0, 0.1) is 6.92 Å². The summed E-state index contributed by atoms with van der Waals surface area (Å²) < 4.78 is 0. The van der Waals surface area contributed by atoms with E-state index in [-0.39, 0.29) is 11.8 Å². The Labute approximate surface area is 146 Å². The molecule has 5 heteroatoms. The van der Waals surface area contributed by atoms with Gasteiger partial charge in [-0.2, -0.15) is 0 Å². The van der Waals surface area contributed by atoms with Crippen molar-refractivity contribution in [3.05, 3.63) is 71.4 Å². The Morgan fingerprint density at radius 2 is 1.76 bits per heavy atom. The van der Waals surface area contributed by atoms with E-state index in [1.807, 2.05) is 31.2 Å². The lowest BCUT2D eigenvalue weighted by molar-refractivity contribution is 0.0827. The fourth-order valence-electron chi connectivity index (χ4n) is 2.68. The standard InChI is InChI=1S/C20H19N3O2/c1-13-11-17(16-9-4-5-10-18(16)21-13)19(24)22-15-8-6-7-14(12-15)20(25)23(2)3/h4-12H,1-3H3,(H,22,24). The average molecular weight is 333 g/mol. The van der Waals surface area contributed by atoms with Crippen molar-refractivity contribution in [2.24, 2.45) is 0 Å². The third-order valence-corrected chi connectivity index (χ3v) is 3.86. The molecule has 3 aromatic rings. The Hall–Kier alpha value is -3.21. The number of para-hydroxylation sites is 1. The number of hydrogen-bond donors (Lipinski definition) is 1. The van der Waals surface area contributed by atoms with Gasteiger partial charge >= 0.3 is 0 Å². The van der Waals surface area contributed by atoms with Crippen molar-refractivity contribution in [1.29, 1.82) is 0 Å². The summed E-state index contributed by atoms with van der Waals surface area (Å²) in [5, 5.41) is 3.67. The van der Waals surface area contributed by atoms with Crippen LogP contribution in [0.25, 0.3) is 10.9 Å². The molecule has 0 atom stereocenters. The number of aryl methyl sites for hydroxylation is 1. The lowest BCUT2D eigenvalue weighted by Crippen LogP contribution is -2.22. The van der Waals surface area contributed by atoms with Crippen LogP contribution in [-0.2, 0) is 0 Å². The third-order valence-electron chi connectivity index (χ3n) is 3.86. The predicted octanol–water partition coefficient (Wildman–Crippen LogP) is 3.50.